The summed E-state index contributed by atoms with van der Waals surface area (Å²) in [7, 11) is 0. The molecule has 0 aliphatic heterocycles. The Kier molecular flexibility index (Phi) is 9.04. The molecule has 0 atom stereocenters. The predicted molar refractivity (Wildman–Crippen MR) is 147 cm³/mol. The Morgan fingerprint density at radius 2 is 0.611 bits per heavy atom. The van der Waals surface area contributed by atoms with Crippen molar-refractivity contribution in [3.8, 4) is 17.2 Å². The molecule has 4 rings (SSSR count). The highest BCUT2D eigenvalue weighted by atomic mass is 16.3. The van der Waals surface area contributed by atoms with Gasteiger partial charge in [0.15, 0.2) is 0 Å². The lowest BCUT2D eigenvalue weighted by Gasteiger charge is -2.11. The number of rotatable bonds is 12. The standard InChI is InChI=1S/C33H36O3/c34-31-16-4-10-25(22-31)7-1-13-28-19-29(14-2-8-26-11-5-17-32(35)23-26)21-30(20-28)15-3-9-27-12-6-18-33(36)24-27/h4-6,10-12,16-24,34-36H,1-3,7-9,13-15H2. The molecule has 0 spiro atoms. The van der Waals surface area contributed by atoms with E-state index in [4.69, 9.17) is 0 Å². The average molecular weight is 481 g/mol. The number of hydrogen-bond acceptors (Lipinski definition) is 3. The monoisotopic (exact) mass is 480 g/mol. The Balaban J connectivity index is 1.39. The van der Waals surface area contributed by atoms with Crippen molar-refractivity contribution in [1.29, 1.82) is 0 Å². The fourth-order valence-electron chi connectivity index (χ4n) is 4.90. The van der Waals surface area contributed by atoms with E-state index in [-0.39, 0.29) is 0 Å². The van der Waals surface area contributed by atoms with Crippen LogP contribution in [0.4, 0.5) is 0 Å². The van der Waals surface area contributed by atoms with Crippen LogP contribution in [0.3, 0.4) is 0 Å². The second kappa shape index (κ2) is 12.8. The van der Waals surface area contributed by atoms with Gasteiger partial charge >= 0.3 is 0 Å². The van der Waals surface area contributed by atoms with Crippen molar-refractivity contribution in [2.24, 2.45) is 0 Å². The molecule has 0 saturated carbocycles. The molecule has 0 aliphatic rings. The SMILES string of the molecule is Oc1cccc(CCCc2cc(CCCc3cccc(O)c3)cc(CCCc3cccc(O)c3)c2)c1. The van der Waals surface area contributed by atoms with Gasteiger partial charge in [0, 0.05) is 0 Å². The fourth-order valence-corrected chi connectivity index (χ4v) is 4.90. The summed E-state index contributed by atoms with van der Waals surface area (Å²) in [6.07, 6.45) is 8.99. The fraction of sp³-hybridized carbons (Fsp3) is 0.273. The molecule has 0 aromatic heterocycles. The van der Waals surface area contributed by atoms with Crippen LogP contribution in [-0.4, -0.2) is 15.3 Å². The maximum Gasteiger partial charge on any atom is 0.115 e. The Labute approximate surface area is 214 Å². The van der Waals surface area contributed by atoms with Crippen molar-refractivity contribution < 1.29 is 15.3 Å². The first-order chi connectivity index (χ1) is 17.5. The first-order valence-electron chi connectivity index (χ1n) is 13.0. The number of aryl methyl sites for hydroxylation is 6. The predicted octanol–water partition coefficient (Wildman–Crippen LogP) is 7.33. The zero-order valence-electron chi connectivity index (χ0n) is 20.9. The van der Waals surface area contributed by atoms with Crippen LogP contribution >= 0.6 is 0 Å². The van der Waals surface area contributed by atoms with Crippen LogP contribution in [0, 0.1) is 0 Å². The summed E-state index contributed by atoms with van der Waals surface area (Å²) in [5.41, 5.74) is 7.63. The Morgan fingerprint density at radius 1 is 0.333 bits per heavy atom. The molecule has 0 bridgehead atoms. The van der Waals surface area contributed by atoms with Crippen LogP contribution < -0.4 is 0 Å². The summed E-state index contributed by atoms with van der Waals surface area (Å²) < 4.78 is 0. The normalized spacial score (nSPS) is 11.0. The quantitative estimate of drug-likeness (QED) is 0.199. The molecule has 0 heterocycles. The van der Waals surface area contributed by atoms with Gasteiger partial charge in [-0.1, -0.05) is 54.6 Å². The van der Waals surface area contributed by atoms with Gasteiger partial charge in [-0.15, -0.1) is 0 Å². The van der Waals surface area contributed by atoms with Crippen molar-refractivity contribution in [2.75, 3.05) is 0 Å². The van der Waals surface area contributed by atoms with E-state index in [1.165, 1.54) is 33.4 Å². The van der Waals surface area contributed by atoms with Crippen molar-refractivity contribution in [2.45, 2.75) is 57.8 Å². The number of aromatic hydroxyl groups is 3. The summed E-state index contributed by atoms with van der Waals surface area (Å²) in [4.78, 5) is 0. The summed E-state index contributed by atoms with van der Waals surface area (Å²) in [5, 5.41) is 29.2. The molecule has 0 saturated heterocycles. The Hall–Kier alpha value is -3.72. The smallest absolute Gasteiger partial charge is 0.115 e. The average Bonchev–Trinajstić information content (AvgIpc) is 2.84. The topological polar surface area (TPSA) is 60.7 Å². The zero-order chi connectivity index (χ0) is 25.2. The van der Waals surface area contributed by atoms with Crippen LogP contribution in [0.25, 0.3) is 0 Å². The lowest BCUT2D eigenvalue weighted by molar-refractivity contribution is 0.474. The van der Waals surface area contributed by atoms with Crippen molar-refractivity contribution >= 4 is 0 Å². The highest BCUT2D eigenvalue weighted by Crippen LogP contribution is 2.20. The first kappa shape index (κ1) is 25.4. The van der Waals surface area contributed by atoms with Crippen molar-refractivity contribution in [3.05, 3.63) is 124 Å². The van der Waals surface area contributed by atoms with E-state index in [2.05, 4.69) is 36.4 Å². The van der Waals surface area contributed by atoms with Gasteiger partial charge in [0.2, 0.25) is 0 Å². The molecule has 0 aliphatic carbocycles. The van der Waals surface area contributed by atoms with E-state index < -0.39 is 0 Å². The lowest BCUT2D eigenvalue weighted by Crippen LogP contribution is -1.98. The van der Waals surface area contributed by atoms with Crippen LogP contribution in [-0.2, 0) is 38.5 Å². The van der Waals surface area contributed by atoms with Crippen LogP contribution in [0.5, 0.6) is 17.2 Å². The third-order valence-electron chi connectivity index (χ3n) is 6.64. The lowest BCUT2D eigenvalue weighted by atomic mass is 9.94. The summed E-state index contributed by atoms with van der Waals surface area (Å²) >= 11 is 0. The van der Waals surface area contributed by atoms with E-state index >= 15 is 0 Å². The zero-order valence-corrected chi connectivity index (χ0v) is 20.9. The van der Waals surface area contributed by atoms with Gasteiger partial charge in [0.1, 0.15) is 17.2 Å². The molecule has 4 aromatic rings. The van der Waals surface area contributed by atoms with E-state index in [9.17, 15) is 15.3 Å². The van der Waals surface area contributed by atoms with Gasteiger partial charge in [-0.25, -0.2) is 0 Å². The van der Waals surface area contributed by atoms with E-state index in [0.29, 0.717) is 17.2 Å². The van der Waals surface area contributed by atoms with Crippen LogP contribution in [0.1, 0.15) is 52.6 Å². The van der Waals surface area contributed by atoms with Crippen LogP contribution in [0.2, 0.25) is 0 Å². The van der Waals surface area contributed by atoms with Crippen molar-refractivity contribution in [1.82, 2.24) is 0 Å². The largest absolute Gasteiger partial charge is 0.508 e. The molecule has 4 aromatic carbocycles. The molecule has 3 heteroatoms. The number of phenolic OH excluding ortho intramolecular Hbond substituents is 3. The molecule has 36 heavy (non-hydrogen) atoms. The highest BCUT2D eigenvalue weighted by molar-refractivity contribution is 5.33. The van der Waals surface area contributed by atoms with Gasteiger partial charge in [-0.2, -0.15) is 0 Å². The number of benzene rings is 4. The van der Waals surface area contributed by atoms with E-state index in [1.54, 1.807) is 18.2 Å². The molecule has 186 valence electrons. The van der Waals surface area contributed by atoms with E-state index in [0.717, 1.165) is 57.8 Å². The number of hydrogen-bond donors (Lipinski definition) is 3. The summed E-state index contributed by atoms with van der Waals surface area (Å²) in [6, 6.07) is 29.7. The molecule has 0 unspecified atom stereocenters. The first-order valence-corrected chi connectivity index (χ1v) is 13.0. The molecule has 3 nitrogen and oxygen atoms in total. The van der Waals surface area contributed by atoms with Gasteiger partial charge in [0.25, 0.3) is 0 Å². The van der Waals surface area contributed by atoms with Gasteiger partial charge in [-0.3, -0.25) is 0 Å². The molecule has 3 N–H and O–H groups in total. The minimum absolute atomic E-state index is 0.329. The Morgan fingerprint density at radius 3 is 0.889 bits per heavy atom. The Bertz CT molecular complexity index is 1090. The molecule has 0 amide bonds. The highest BCUT2D eigenvalue weighted by Gasteiger charge is 2.05. The summed E-state index contributed by atoms with van der Waals surface area (Å²) in [6.45, 7) is 0. The van der Waals surface area contributed by atoms with Gasteiger partial charge in [-0.05, 0) is 128 Å². The van der Waals surface area contributed by atoms with Gasteiger partial charge in [0.05, 0.1) is 0 Å². The minimum atomic E-state index is 0.329. The third-order valence-corrected chi connectivity index (χ3v) is 6.64. The second-order valence-electron chi connectivity index (χ2n) is 9.73. The molecular weight excluding hydrogens is 444 g/mol. The minimum Gasteiger partial charge on any atom is -0.508 e. The number of phenols is 3. The summed E-state index contributed by atoms with van der Waals surface area (Å²) in [5.74, 6) is 0.987. The maximum atomic E-state index is 9.73. The second-order valence-corrected chi connectivity index (χ2v) is 9.73. The third kappa shape index (κ3) is 8.20. The van der Waals surface area contributed by atoms with Gasteiger partial charge < -0.3 is 15.3 Å². The molecular formula is C33H36O3. The molecule has 0 radical (unpaired) electrons. The maximum absolute atomic E-state index is 9.73. The van der Waals surface area contributed by atoms with Crippen molar-refractivity contribution in [3.63, 3.8) is 0 Å². The van der Waals surface area contributed by atoms with E-state index in [1.807, 2.05) is 36.4 Å². The van der Waals surface area contributed by atoms with Crippen LogP contribution in [0.15, 0.2) is 91.0 Å². The molecule has 0 fully saturated rings.